The quantitative estimate of drug-likeness (QED) is 0.396. The highest BCUT2D eigenvalue weighted by atomic mass is 16.5. The van der Waals surface area contributed by atoms with Crippen molar-refractivity contribution in [2.75, 3.05) is 13.1 Å². The number of rotatable bonds is 4. The van der Waals surface area contributed by atoms with Gasteiger partial charge in [0.15, 0.2) is 11.3 Å². The van der Waals surface area contributed by atoms with Gasteiger partial charge in [-0.1, -0.05) is 26.2 Å². The van der Waals surface area contributed by atoms with Crippen LogP contribution in [0.3, 0.4) is 0 Å². The van der Waals surface area contributed by atoms with Crippen LogP contribution in [0.2, 0.25) is 0 Å². The molecule has 0 aliphatic carbocycles. The number of carbonyl (C=O) groups is 3. The van der Waals surface area contributed by atoms with Crippen LogP contribution in [0.1, 0.15) is 51.9 Å². The number of nitrogens with zero attached hydrogens (tertiary/aromatic N) is 1. The summed E-state index contributed by atoms with van der Waals surface area (Å²) in [5.41, 5.74) is 6.73. The Labute approximate surface area is 136 Å². The smallest absolute Gasteiger partial charge is 0.256 e. The van der Waals surface area contributed by atoms with Gasteiger partial charge in [0.25, 0.3) is 5.91 Å². The van der Waals surface area contributed by atoms with Crippen molar-refractivity contribution in [1.29, 1.82) is 0 Å². The Morgan fingerprint density at radius 2 is 2.00 bits per heavy atom. The van der Waals surface area contributed by atoms with E-state index in [0.29, 0.717) is 25.9 Å². The topological polar surface area (TPSA) is 113 Å². The van der Waals surface area contributed by atoms with Gasteiger partial charge < -0.3 is 10.9 Å². The van der Waals surface area contributed by atoms with Crippen molar-refractivity contribution in [3.63, 3.8) is 0 Å². The van der Waals surface area contributed by atoms with Crippen LogP contribution in [0.5, 0.6) is 0 Å². The van der Waals surface area contributed by atoms with Crippen LogP contribution in [0, 0.1) is 11.8 Å². The number of fused-ring (bicyclic) bond motifs is 2. The molecule has 7 nitrogen and oxygen atoms in total. The first kappa shape index (κ1) is 18.0. The molecule has 0 spiro atoms. The number of hydrogen-bond acceptors (Lipinski definition) is 6. The second kappa shape index (κ2) is 7.51. The fourth-order valence-electron chi connectivity index (χ4n) is 3.57. The van der Waals surface area contributed by atoms with Crippen LogP contribution < -0.4 is 11.2 Å². The van der Waals surface area contributed by atoms with E-state index in [0.717, 1.165) is 25.7 Å². The SMILES string of the molecule is CC(CNO)C[C@@H]1CC(=O)C2(N)CCCCCCN(C1=O)C2=O. The maximum absolute atomic E-state index is 12.8. The number of hydroxylamine groups is 1. The molecule has 2 unspecified atom stereocenters. The summed E-state index contributed by atoms with van der Waals surface area (Å²) in [5, 5.41) is 8.79. The van der Waals surface area contributed by atoms with E-state index in [1.54, 1.807) is 0 Å². The van der Waals surface area contributed by atoms with Crippen molar-refractivity contribution in [2.24, 2.45) is 17.6 Å². The van der Waals surface area contributed by atoms with Crippen molar-refractivity contribution in [1.82, 2.24) is 10.4 Å². The molecule has 2 fully saturated rings. The summed E-state index contributed by atoms with van der Waals surface area (Å²) in [4.78, 5) is 39.4. The van der Waals surface area contributed by atoms with Crippen LogP contribution >= 0.6 is 0 Å². The van der Waals surface area contributed by atoms with E-state index in [1.807, 2.05) is 6.92 Å². The monoisotopic (exact) mass is 325 g/mol. The largest absolute Gasteiger partial charge is 0.317 e. The van der Waals surface area contributed by atoms with E-state index >= 15 is 0 Å². The van der Waals surface area contributed by atoms with Crippen molar-refractivity contribution in [2.45, 2.75) is 57.4 Å². The van der Waals surface area contributed by atoms with Gasteiger partial charge >= 0.3 is 0 Å². The Morgan fingerprint density at radius 1 is 1.30 bits per heavy atom. The molecular formula is C16H27N3O4. The third-order valence-corrected chi connectivity index (χ3v) is 5.00. The lowest BCUT2D eigenvalue weighted by molar-refractivity contribution is -0.149. The maximum Gasteiger partial charge on any atom is 0.256 e. The average molecular weight is 325 g/mol. The normalized spacial score (nSPS) is 31.2. The van der Waals surface area contributed by atoms with E-state index in [4.69, 9.17) is 10.9 Å². The number of carbonyl (C=O) groups excluding carboxylic acids is 3. The van der Waals surface area contributed by atoms with Gasteiger partial charge in [0.2, 0.25) is 5.91 Å². The van der Waals surface area contributed by atoms with E-state index in [9.17, 15) is 14.4 Å². The molecule has 0 radical (unpaired) electrons. The molecule has 130 valence electrons. The minimum atomic E-state index is -1.55. The van der Waals surface area contributed by atoms with Gasteiger partial charge in [-0.2, -0.15) is 0 Å². The summed E-state index contributed by atoms with van der Waals surface area (Å²) < 4.78 is 0. The fraction of sp³-hybridized carbons (Fsp3) is 0.812. The molecule has 2 saturated heterocycles. The second-order valence-electron chi connectivity index (χ2n) is 6.96. The number of nitrogens with one attached hydrogen (secondary N) is 1. The van der Waals surface area contributed by atoms with Crippen molar-refractivity contribution >= 4 is 17.6 Å². The molecule has 0 aromatic heterocycles. The third kappa shape index (κ3) is 3.79. The van der Waals surface area contributed by atoms with Gasteiger partial charge in [-0.05, 0) is 25.2 Å². The molecule has 0 aromatic carbocycles. The molecule has 23 heavy (non-hydrogen) atoms. The predicted molar refractivity (Wildman–Crippen MR) is 83.4 cm³/mol. The molecule has 2 amide bonds. The number of nitrogens with two attached hydrogens (primary N) is 1. The second-order valence-corrected chi connectivity index (χ2v) is 6.96. The Kier molecular flexibility index (Phi) is 5.89. The summed E-state index contributed by atoms with van der Waals surface area (Å²) in [6, 6.07) is 0. The lowest BCUT2D eigenvalue weighted by Gasteiger charge is -2.28. The number of hydrogen-bond donors (Lipinski definition) is 3. The van der Waals surface area contributed by atoms with E-state index in [1.165, 1.54) is 4.90 Å². The van der Waals surface area contributed by atoms with E-state index < -0.39 is 17.4 Å². The van der Waals surface area contributed by atoms with Gasteiger partial charge in [-0.25, -0.2) is 5.48 Å². The van der Waals surface area contributed by atoms with Gasteiger partial charge in [-0.3, -0.25) is 19.3 Å². The van der Waals surface area contributed by atoms with Gasteiger partial charge in [0, 0.05) is 25.4 Å². The minimum Gasteiger partial charge on any atom is -0.317 e. The van der Waals surface area contributed by atoms with Crippen molar-refractivity contribution in [3.05, 3.63) is 0 Å². The zero-order valence-corrected chi connectivity index (χ0v) is 13.7. The molecule has 3 atom stereocenters. The number of Topliss-reactive ketones (excluding diaryl/α,β-unsaturated/α-hetero) is 1. The third-order valence-electron chi connectivity index (χ3n) is 5.00. The molecule has 2 bridgehead atoms. The lowest BCUT2D eigenvalue weighted by Crippen LogP contribution is -2.59. The number of amides is 2. The number of ketones is 1. The standard InChI is InChI=1S/C16H27N3O4/c1-11(10-18-23)8-12-9-13(20)16(17)6-4-2-3-5-7-19(14(12)21)15(16)22/h11-12,18,23H,2-10,17H2,1H3/t11?,12-,16?/m1/s1. The average Bonchev–Trinajstić information content (AvgIpc) is 2.56. The van der Waals surface area contributed by atoms with E-state index in [2.05, 4.69) is 5.48 Å². The Morgan fingerprint density at radius 3 is 2.70 bits per heavy atom. The van der Waals surface area contributed by atoms with E-state index in [-0.39, 0.29) is 24.0 Å². The zero-order chi connectivity index (χ0) is 17.0. The van der Waals surface area contributed by atoms with Gasteiger partial charge in [-0.15, -0.1) is 0 Å². The summed E-state index contributed by atoms with van der Waals surface area (Å²) in [5.74, 6) is -1.67. The first-order chi connectivity index (χ1) is 10.9. The van der Waals surface area contributed by atoms with Crippen LogP contribution in [0.15, 0.2) is 0 Å². The predicted octanol–water partition coefficient (Wildman–Crippen LogP) is 0.597. The molecule has 2 rings (SSSR count). The maximum atomic E-state index is 12.8. The molecule has 0 saturated carbocycles. The first-order valence-corrected chi connectivity index (χ1v) is 8.45. The van der Waals surface area contributed by atoms with Crippen LogP contribution in [-0.2, 0) is 14.4 Å². The Balaban J connectivity index is 2.29. The van der Waals surface area contributed by atoms with Gasteiger partial charge in [0.05, 0.1) is 0 Å². The van der Waals surface area contributed by atoms with Crippen LogP contribution in [-0.4, -0.2) is 46.3 Å². The van der Waals surface area contributed by atoms with Gasteiger partial charge in [0.1, 0.15) is 0 Å². The Hall–Kier alpha value is -1.31. The molecule has 0 aromatic rings. The molecule has 2 aliphatic rings. The van der Waals surface area contributed by atoms with Crippen LogP contribution in [0.4, 0.5) is 0 Å². The highest BCUT2D eigenvalue weighted by Crippen LogP contribution is 2.31. The molecular weight excluding hydrogens is 298 g/mol. The van der Waals surface area contributed by atoms with Crippen molar-refractivity contribution < 1.29 is 19.6 Å². The summed E-state index contributed by atoms with van der Waals surface area (Å²) in [6.45, 7) is 2.56. The highest BCUT2D eigenvalue weighted by molar-refractivity contribution is 6.17. The fourth-order valence-corrected chi connectivity index (χ4v) is 3.57. The zero-order valence-electron chi connectivity index (χ0n) is 13.7. The summed E-state index contributed by atoms with van der Waals surface area (Å²) >= 11 is 0. The minimum absolute atomic E-state index is 0.00728. The molecule has 7 heteroatoms. The Bertz CT molecular complexity index is 482. The number of imide groups is 1. The molecule has 2 heterocycles. The summed E-state index contributed by atoms with van der Waals surface area (Å²) in [6.07, 6.45) is 4.09. The first-order valence-electron chi connectivity index (χ1n) is 8.45. The highest BCUT2D eigenvalue weighted by Gasteiger charge is 2.50. The summed E-state index contributed by atoms with van der Waals surface area (Å²) in [7, 11) is 0. The molecule has 2 aliphatic heterocycles. The van der Waals surface area contributed by atoms with Crippen molar-refractivity contribution in [3.8, 4) is 0 Å². The lowest BCUT2D eigenvalue weighted by atomic mass is 9.83. The molecule has 4 N–H and O–H groups in total. The van der Waals surface area contributed by atoms with Crippen LogP contribution in [0.25, 0.3) is 0 Å².